The Morgan fingerprint density at radius 1 is 1.21 bits per heavy atom. The van der Waals surface area contributed by atoms with E-state index in [2.05, 4.69) is 47.1 Å². The molecule has 2 aromatic carbocycles. The molecule has 0 amide bonds. The lowest BCUT2D eigenvalue weighted by Gasteiger charge is -2.15. The molecular weight excluding hydrogens is 322 g/mol. The molecule has 0 aliphatic carbocycles. The molecule has 1 nitrogen and oxygen atoms in total. The Morgan fingerprint density at radius 2 is 2.00 bits per heavy atom. The number of benzene rings is 2. The van der Waals surface area contributed by atoms with Crippen LogP contribution in [0.25, 0.3) is 0 Å². The second-order valence-electron chi connectivity index (χ2n) is 4.64. The van der Waals surface area contributed by atoms with Gasteiger partial charge in [-0.25, -0.2) is 0 Å². The van der Waals surface area contributed by atoms with Crippen LogP contribution in [0.2, 0.25) is 5.02 Å². The van der Waals surface area contributed by atoms with E-state index in [1.54, 1.807) is 0 Å². The fraction of sp³-hybridized carbons (Fsp3) is 0.250. The first-order valence-electron chi connectivity index (χ1n) is 6.41. The summed E-state index contributed by atoms with van der Waals surface area (Å²) in [4.78, 5) is 0. The summed E-state index contributed by atoms with van der Waals surface area (Å²) in [5.41, 5.74) is 9.72. The van der Waals surface area contributed by atoms with Gasteiger partial charge in [-0.15, -0.1) is 0 Å². The molecular formula is C16H17BrClN. The molecule has 2 N–H and O–H groups in total. The maximum atomic E-state index is 6.33. The Kier molecular flexibility index (Phi) is 5.03. The highest BCUT2D eigenvalue weighted by molar-refractivity contribution is 9.10. The van der Waals surface area contributed by atoms with Crippen molar-refractivity contribution in [3.63, 3.8) is 0 Å². The maximum absolute atomic E-state index is 6.33. The molecule has 0 radical (unpaired) electrons. The van der Waals surface area contributed by atoms with Gasteiger partial charge in [0.05, 0.1) is 6.04 Å². The number of nitrogens with two attached hydrogens (primary N) is 1. The van der Waals surface area contributed by atoms with Crippen LogP contribution in [0, 0.1) is 0 Å². The molecule has 0 saturated carbocycles. The van der Waals surface area contributed by atoms with Crippen LogP contribution in [0.1, 0.15) is 36.1 Å². The largest absolute Gasteiger partial charge is 0.320 e. The van der Waals surface area contributed by atoms with Crippen molar-refractivity contribution in [2.45, 2.75) is 25.8 Å². The van der Waals surface area contributed by atoms with Gasteiger partial charge in [0.1, 0.15) is 0 Å². The monoisotopic (exact) mass is 337 g/mol. The van der Waals surface area contributed by atoms with Gasteiger partial charge in [-0.05, 0) is 35.2 Å². The number of hydrogen-bond donors (Lipinski definition) is 1. The van der Waals surface area contributed by atoms with E-state index in [1.165, 1.54) is 5.56 Å². The lowest BCUT2D eigenvalue weighted by atomic mass is 9.97. The quantitative estimate of drug-likeness (QED) is 0.824. The van der Waals surface area contributed by atoms with Crippen molar-refractivity contribution >= 4 is 27.5 Å². The summed E-state index contributed by atoms with van der Waals surface area (Å²) in [5, 5.41) is 0.697. The predicted molar refractivity (Wildman–Crippen MR) is 85.6 cm³/mol. The van der Waals surface area contributed by atoms with E-state index in [0.717, 1.165) is 28.4 Å². The SMILES string of the molecule is CCCc1cccc(C(N)c2ccc(Br)cc2Cl)c1. The minimum atomic E-state index is -0.183. The average molecular weight is 339 g/mol. The summed E-state index contributed by atoms with van der Waals surface area (Å²) in [5.74, 6) is 0. The zero-order valence-corrected chi connectivity index (χ0v) is 13.2. The van der Waals surface area contributed by atoms with E-state index in [-0.39, 0.29) is 6.04 Å². The summed E-state index contributed by atoms with van der Waals surface area (Å²) in [6, 6.07) is 14.1. The van der Waals surface area contributed by atoms with Gasteiger partial charge in [0, 0.05) is 9.50 Å². The first kappa shape index (κ1) is 14.6. The third kappa shape index (κ3) is 3.59. The van der Waals surface area contributed by atoms with Crippen molar-refractivity contribution in [2.75, 3.05) is 0 Å². The van der Waals surface area contributed by atoms with Gasteiger partial charge in [0.2, 0.25) is 0 Å². The highest BCUT2D eigenvalue weighted by Gasteiger charge is 2.13. The van der Waals surface area contributed by atoms with Crippen LogP contribution >= 0.6 is 27.5 Å². The highest BCUT2D eigenvalue weighted by Crippen LogP contribution is 2.29. The summed E-state index contributed by atoms with van der Waals surface area (Å²) in [6.45, 7) is 2.18. The van der Waals surface area contributed by atoms with Gasteiger partial charge in [0.15, 0.2) is 0 Å². The molecule has 19 heavy (non-hydrogen) atoms. The summed E-state index contributed by atoms with van der Waals surface area (Å²) < 4.78 is 0.966. The first-order chi connectivity index (χ1) is 9.11. The van der Waals surface area contributed by atoms with E-state index in [1.807, 2.05) is 18.2 Å². The third-order valence-electron chi connectivity index (χ3n) is 3.15. The first-order valence-corrected chi connectivity index (χ1v) is 7.58. The molecule has 0 heterocycles. The van der Waals surface area contributed by atoms with Gasteiger partial charge in [0.25, 0.3) is 0 Å². The number of hydrogen-bond acceptors (Lipinski definition) is 1. The van der Waals surface area contributed by atoms with Crippen LogP contribution in [0.3, 0.4) is 0 Å². The average Bonchev–Trinajstić information content (AvgIpc) is 2.39. The summed E-state index contributed by atoms with van der Waals surface area (Å²) in [6.07, 6.45) is 2.21. The Balaban J connectivity index is 2.32. The molecule has 0 bridgehead atoms. The van der Waals surface area contributed by atoms with Crippen LogP contribution in [0.5, 0.6) is 0 Å². The van der Waals surface area contributed by atoms with Gasteiger partial charge in [-0.2, -0.15) is 0 Å². The lowest BCUT2D eigenvalue weighted by Crippen LogP contribution is -2.12. The minimum absolute atomic E-state index is 0.183. The Bertz CT molecular complexity index is 568. The highest BCUT2D eigenvalue weighted by atomic mass is 79.9. The lowest BCUT2D eigenvalue weighted by molar-refractivity contribution is 0.858. The Labute approximate surface area is 127 Å². The predicted octanol–water partition coefficient (Wildman–Crippen LogP) is 5.10. The zero-order valence-electron chi connectivity index (χ0n) is 10.9. The van der Waals surface area contributed by atoms with Crippen LogP contribution in [0.4, 0.5) is 0 Å². The fourth-order valence-electron chi connectivity index (χ4n) is 2.16. The Morgan fingerprint density at radius 3 is 2.68 bits per heavy atom. The molecule has 1 atom stereocenters. The zero-order chi connectivity index (χ0) is 13.8. The molecule has 0 aliphatic heterocycles. The van der Waals surface area contributed by atoms with Gasteiger partial charge in [-0.1, -0.05) is 71.2 Å². The minimum Gasteiger partial charge on any atom is -0.320 e. The second-order valence-corrected chi connectivity index (χ2v) is 5.96. The van der Waals surface area contributed by atoms with Crippen LogP contribution in [-0.4, -0.2) is 0 Å². The molecule has 3 heteroatoms. The summed E-state index contributed by atoms with van der Waals surface area (Å²) in [7, 11) is 0. The van der Waals surface area contributed by atoms with Crippen molar-refractivity contribution in [1.82, 2.24) is 0 Å². The number of aryl methyl sites for hydroxylation is 1. The van der Waals surface area contributed by atoms with E-state index in [9.17, 15) is 0 Å². The van der Waals surface area contributed by atoms with E-state index < -0.39 is 0 Å². The van der Waals surface area contributed by atoms with E-state index in [4.69, 9.17) is 17.3 Å². The van der Waals surface area contributed by atoms with Crippen molar-refractivity contribution in [3.05, 3.63) is 68.7 Å². The van der Waals surface area contributed by atoms with Crippen molar-refractivity contribution in [2.24, 2.45) is 5.73 Å². The smallest absolute Gasteiger partial charge is 0.0566 e. The topological polar surface area (TPSA) is 26.0 Å². The summed E-state index contributed by atoms with van der Waals surface area (Å²) >= 11 is 9.67. The van der Waals surface area contributed by atoms with E-state index >= 15 is 0 Å². The molecule has 0 aliphatic rings. The van der Waals surface area contributed by atoms with Crippen molar-refractivity contribution in [3.8, 4) is 0 Å². The van der Waals surface area contributed by atoms with Gasteiger partial charge >= 0.3 is 0 Å². The van der Waals surface area contributed by atoms with Crippen LogP contribution in [0.15, 0.2) is 46.9 Å². The molecule has 2 rings (SSSR count). The van der Waals surface area contributed by atoms with Crippen LogP contribution < -0.4 is 5.73 Å². The molecule has 0 aromatic heterocycles. The molecule has 0 spiro atoms. The van der Waals surface area contributed by atoms with Gasteiger partial charge in [-0.3, -0.25) is 0 Å². The Hall–Kier alpha value is -0.830. The maximum Gasteiger partial charge on any atom is 0.0566 e. The molecule has 0 fully saturated rings. The molecule has 1 unspecified atom stereocenters. The molecule has 0 saturated heterocycles. The molecule has 100 valence electrons. The third-order valence-corrected chi connectivity index (χ3v) is 3.97. The fourth-order valence-corrected chi connectivity index (χ4v) is 2.96. The van der Waals surface area contributed by atoms with E-state index in [0.29, 0.717) is 5.02 Å². The van der Waals surface area contributed by atoms with Crippen molar-refractivity contribution < 1.29 is 0 Å². The second kappa shape index (κ2) is 6.56. The molecule has 2 aromatic rings. The van der Waals surface area contributed by atoms with Crippen molar-refractivity contribution in [1.29, 1.82) is 0 Å². The number of rotatable bonds is 4. The van der Waals surface area contributed by atoms with Gasteiger partial charge < -0.3 is 5.73 Å². The normalized spacial score (nSPS) is 12.4. The number of halogens is 2. The van der Waals surface area contributed by atoms with Crippen LogP contribution in [-0.2, 0) is 6.42 Å². The standard InChI is InChI=1S/C16H17BrClN/c1-2-4-11-5-3-6-12(9-11)16(19)14-8-7-13(17)10-15(14)18/h3,5-10,16H,2,4,19H2,1H3.